The third-order valence-electron chi connectivity index (χ3n) is 4.44. The maximum Gasteiger partial charge on any atom is 0.0672 e. The average Bonchev–Trinajstić information content (AvgIpc) is 2.34. The molecular weight excluding hydrogens is 224 g/mol. The van der Waals surface area contributed by atoms with Crippen molar-refractivity contribution in [1.29, 1.82) is 0 Å². The summed E-state index contributed by atoms with van der Waals surface area (Å²) in [6.07, 6.45) is 3.80. The van der Waals surface area contributed by atoms with Crippen LogP contribution in [0.2, 0.25) is 0 Å². The molecule has 0 aromatic carbocycles. The van der Waals surface area contributed by atoms with E-state index >= 15 is 0 Å². The van der Waals surface area contributed by atoms with Crippen LogP contribution in [0.15, 0.2) is 12.2 Å². The summed E-state index contributed by atoms with van der Waals surface area (Å²) in [5.74, 6) is 1.39. The van der Waals surface area contributed by atoms with E-state index in [0.717, 1.165) is 31.2 Å². The molecule has 1 fully saturated rings. The zero-order chi connectivity index (χ0) is 13.6. The standard InChI is InChI=1S/C15H30N2O/c1-12(2)10-18-9-8-17-15(11-16)7-5-6-13(3)14(15)4/h13-14,17H,1,5-11,16H2,2-4H3. The molecule has 0 spiro atoms. The summed E-state index contributed by atoms with van der Waals surface area (Å²) in [5, 5.41) is 3.66. The quantitative estimate of drug-likeness (QED) is 0.541. The van der Waals surface area contributed by atoms with Gasteiger partial charge in [0.1, 0.15) is 0 Å². The van der Waals surface area contributed by atoms with Crippen molar-refractivity contribution in [3.63, 3.8) is 0 Å². The van der Waals surface area contributed by atoms with E-state index < -0.39 is 0 Å². The minimum atomic E-state index is 0.115. The Labute approximate surface area is 112 Å². The highest BCUT2D eigenvalue weighted by Crippen LogP contribution is 2.36. The molecule has 0 heterocycles. The van der Waals surface area contributed by atoms with Crippen LogP contribution in [0, 0.1) is 11.8 Å². The molecule has 3 heteroatoms. The van der Waals surface area contributed by atoms with E-state index in [1.165, 1.54) is 19.3 Å². The highest BCUT2D eigenvalue weighted by molar-refractivity contribution is 4.98. The minimum Gasteiger partial charge on any atom is -0.376 e. The summed E-state index contributed by atoms with van der Waals surface area (Å²) in [6.45, 7) is 13.5. The van der Waals surface area contributed by atoms with Crippen LogP contribution in [0.1, 0.15) is 40.0 Å². The van der Waals surface area contributed by atoms with Crippen LogP contribution in [-0.4, -0.2) is 31.8 Å². The zero-order valence-electron chi connectivity index (χ0n) is 12.3. The van der Waals surface area contributed by atoms with Gasteiger partial charge in [-0.05, 0) is 25.2 Å². The van der Waals surface area contributed by atoms with Crippen molar-refractivity contribution in [3.05, 3.63) is 12.2 Å². The lowest BCUT2D eigenvalue weighted by Gasteiger charge is -2.46. The Morgan fingerprint density at radius 2 is 2.22 bits per heavy atom. The van der Waals surface area contributed by atoms with Crippen molar-refractivity contribution in [1.82, 2.24) is 5.32 Å². The number of rotatable bonds is 7. The van der Waals surface area contributed by atoms with Gasteiger partial charge in [-0.25, -0.2) is 0 Å². The van der Waals surface area contributed by atoms with Gasteiger partial charge < -0.3 is 15.8 Å². The average molecular weight is 254 g/mol. The highest BCUT2D eigenvalue weighted by Gasteiger charge is 2.39. The molecule has 0 bridgehead atoms. The third-order valence-corrected chi connectivity index (χ3v) is 4.44. The van der Waals surface area contributed by atoms with Crippen LogP contribution in [0.4, 0.5) is 0 Å². The fraction of sp³-hybridized carbons (Fsp3) is 0.867. The van der Waals surface area contributed by atoms with Crippen molar-refractivity contribution < 1.29 is 4.74 Å². The predicted molar refractivity (Wildman–Crippen MR) is 77.6 cm³/mol. The fourth-order valence-corrected chi connectivity index (χ4v) is 2.99. The van der Waals surface area contributed by atoms with Gasteiger partial charge in [-0.1, -0.05) is 38.8 Å². The summed E-state index contributed by atoms with van der Waals surface area (Å²) < 4.78 is 5.53. The molecule has 1 aliphatic carbocycles. The van der Waals surface area contributed by atoms with Gasteiger partial charge in [0.15, 0.2) is 0 Å². The Morgan fingerprint density at radius 3 is 2.83 bits per heavy atom. The molecule has 0 aromatic heterocycles. The Hall–Kier alpha value is -0.380. The summed E-state index contributed by atoms with van der Waals surface area (Å²) in [6, 6.07) is 0. The molecule has 106 valence electrons. The van der Waals surface area contributed by atoms with Crippen molar-refractivity contribution in [2.45, 2.75) is 45.6 Å². The first-order valence-electron chi connectivity index (χ1n) is 7.19. The van der Waals surface area contributed by atoms with Gasteiger partial charge in [0.2, 0.25) is 0 Å². The van der Waals surface area contributed by atoms with E-state index in [4.69, 9.17) is 10.5 Å². The van der Waals surface area contributed by atoms with E-state index in [0.29, 0.717) is 12.5 Å². The van der Waals surface area contributed by atoms with Gasteiger partial charge >= 0.3 is 0 Å². The SMILES string of the molecule is C=C(C)COCCNC1(CN)CCCC(C)C1C. The Kier molecular flexibility index (Phi) is 6.33. The van der Waals surface area contributed by atoms with Crippen LogP contribution in [-0.2, 0) is 4.74 Å². The van der Waals surface area contributed by atoms with E-state index in [1.807, 2.05) is 6.92 Å². The van der Waals surface area contributed by atoms with Gasteiger partial charge in [-0.2, -0.15) is 0 Å². The summed E-state index contributed by atoms with van der Waals surface area (Å²) in [4.78, 5) is 0. The number of nitrogens with two attached hydrogens (primary N) is 1. The zero-order valence-corrected chi connectivity index (χ0v) is 12.3. The number of nitrogens with one attached hydrogen (secondary N) is 1. The molecule has 3 unspecified atom stereocenters. The monoisotopic (exact) mass is 254 g/mol. The smallest absolute Gasteiger partial charge is 0.0672 e. The lowest BCUT2D eigenvalue weighted by Crippen LogP contribution is -2.59. The summed E-state index contributed by atoms with van der Waals surface area (Å²) >= 11 is 0. The molecule has 0 radical (unpaired) electrons. The molecule has 3 nitrogen and oxygen atoms in total. The number of ether oxygens (including phenoxy) is 1. The van der Waals surface area contributed by atoms with Crippen molar-refractivity contribution in [2.75, 3.05) is 26.3 Å². The molecule has 1 saturated carbocycles. The molecule has 3 N–H and O–H groups in total. The first kappa shape index (κ1) is 15.7. The van der Waals surface area contributed by atoms with Crippen LogP contribution in [0.3, 0.4) is 0 Å². The van der Waals surface area contributed by atoms with Gasteiger partial charge in [-0.15, -0.1) is 0 Å². The molecular formula is C15H30N2O. The minimum absolute atomic E-state index is 0.115. The first-order chi connectivity index (χ1) is 8.52. The van der Waals surface area contributed by atoms with Gasteiger partial charge in [0.25, 0.3) is 0 Å². The topological polar surface area (TPSA) is 47.3 Å². The molecule has 1 rings (SSSR count). The second-order valence-corrected chi connectivity index (χ2v) is 5.95. The molecule has 3 atom stereocenters. The van der Waals surface area contributed by atoms with Crippen molar-refractivity contribution in [2.24, 2.45) is 17.6 Å². The summed E-state index contributed by atoms with van der Waals surface area (Å²) in [5.41, 5.74) is 7.22. The number of hydrogen-bond acceptors (Lipinski definition) is 3. The maximum absolute atomic E-state index is 6.04. The van der Waals surface area contributed by atoms with E-state index in [2.05, 4.69) is 25.7 Å². The Morgan fingerprint density at radius 1 is 1.50 bits per heavy atom. The van der Waals surface area contributed by atoms with E-state index in [9.17, 15) is 0 Å². The van der Waals surface area contributed by atoms with Gasteiger partial charge in [0.05, 0.1) is 13.2 Å². The fourth-order valence-electron chi connectivity index (χ4n) is 2.99. The molecule has 0 amide bonds. The number of hydrogen-bond donors (Lipinski definition) is 2. The lowest BCUT2D eigenvalue weighted by molar-refractivity contribution is 0.0920. The van der Waals surface area contributed by atoms with Gasteiger partial charge in [0, 0.05) is 18.6 Å². The molecule has 0 aromatic rings. The van der Waals surface area contributed by atoms with Gasteiger partial charge in [-0.3, -0.25) is 0 Å². The molecule has 18 heavy (non-hydrogen) atoms. The molecule has 0 saturated heterocycles. The lowest BCUT2D eigenvalue weighted by atomic mass is 9.68. The second-order valence-electron chi connectivity index (χ2n) is 5.95. The van der Waals surface area contributed by atoms with E-state index in [1.54, 1.807) is 0 Å². The van der Waals surface area contributed by atoms with E-state index in [-0.39, 0.29) is 5.54 Å². The molecule has 1 aliphatic rings. The largest absolute Gasteiger partial charge is 0.376 e. The maximum atomic E-state index is 6.04. The normalized spacial score (nSPS) is 32.4. The Bertz CT molecular complexity index is 267. The predicted octanol–water partition coefficient (Wildman–Crippen LogP) is 2.32. The summed E-state index contributed by atoms with van der Waals surface area (Å²) in [7, 11) is 0. The van der Waals surface area contributed by atoms with Crippen LogP contribution < -0.4 is 11.1 Å². The Balaban J connectivity index is 2.38. The molecule has 0 aliphatic heterocycles. The van der Waals surface area contributed by atoms with Crippen LogP contribution in [0.5, 0.6) is 0 Å². The highest BCUT2D eigenvalue weighted by atomic mass is 16.5. The van der Waals surface area contributed by atoms with Crippen LogP contribution in [0.25, 0.3) is 0 Å². The second kappa shape index (κ2) is 7.27. The van der Waals surface area contributed by atoms with Crippen LogP contribution >= 0.6 is 0 Å². The third kappa shape index (κ3) is 4.08. The van der Waals surface area contributed by atoms with Crippen molar-refractivity contribution in [3.8, 4) is 0 Å². The van der Waals surface area contributed by atoms with Crippen molar-refractivity contribution >= 4 is 0 Å². The first-order valence-corrected chi connectivity index (χ1v) is 7.19.